The molecule has 0 amide bonds. The van der Waals surface area contributed by atoms with Crippen molar-refractivity contribution in [2.75, 3.05) is 11.5 Å². The van der Waals surface area contributed by atoms with E-state index in [1.807, 2.05) is 35.7 Å². The summed E-state index contributed by atoms with van der Waals surface area (Å²) in [4.78, 5) is 0. The maximum atomic E-state index is 6.00. The van der Waals surface area contributed by atoms with Crippen molar-refractivity contribution in [3.8, 4) is 0 Å². The first-order chi connectivity index (χ1) is 8.81. The monoisotopic (exact) mass is 292 g/mol. The lowest BCUT2D eigenvalue weighted by atomic mass is 10.0. The van der Waals surface area contributed by atoms with Gasteiger partial charge >= 0.3 is 0 Å². The molecule has 0 spiro atoms. The molecule has 1 saturated heterocycles. The standard InChI is InChI=1S/C15H13ClS2/c16-14-8-6-13(7-9-14)15(17-10-11-18-15)12-4-2-1-3-5-12/h1-9H,10-11H2. The van der Waals surface area contributed by atoms with Crippen molar-refractivity contribution in [1.82, 2.24) is 0 Å². The van der Waals surface area contributed by atoms with Gasteiger partial charge in [-0.2, -0.15) is 0 Å². The number of hydrogen-bond donors (Lipinski definition) is 0. The fourth-order valence-corrected chi connectivity index (χ4v) is 5.65. The average molecular weight is 293 g/mol. The first-order valence-electron chi connectivity index (χ1n) is 5.91. The van der Waals surface area contributed by atoms with Gasteiger partial charge in [-0.1, -0.05) is 54.1 Å². The number of rotatable bonds is 2. The minimum atomic E-state index is 0.0475. The minimum absolute atomic E-state index is 0.0475. The zero-order valence-electron chi connectivity index (χ0n) is 9.80. The maximum absolute atomic E-state index is 6.00. The first-order valence-corrected chi connectivity index (χ1v) is 8.26. The number of thioether (sulfide) groups is 2. The zero-order chi connectivity index (χ0) is 12.4. The predicted molar refractivity (Wildman–Crippen MR) is 83.6 cm³/mol. The van der Waals surface area contributed by atoms with Gasteiger partial charge in [0.25, 0.3) is 0 Å². The van der Waals surface area contributed by atoms with Crippen molar-refractivity contribution >= 4 is 35.1 Å². The number of halogens is 1. The van der Waals surface area contributed by atoms with E-state index in [0.717, 1.165) is 5.02 Å². The summed E-state index contributed by atoms with van der Waals surface area (Å²) in [6.45, 7) is 0. The van der Waals surface area contributed by atoms with Crippen LogP contribution in [-0.2, 0) is 4.08 Å². The van der Waals surface area contributed by atoms with Crippen LogP contribution in [0.1, 0.15) is 11.1 Å². The average Bonchev–Trinajstić information content (AvgIpc) is 2.91. The van der Waals surface area contributed by atoms with Crippen LogP contribution in [0, 0.1) is 0 Å². The fourth-order valence-electron chi connectivity index (χ4n) is 2.24. The van der Waals surface area contributed by atoms with E-state index in [4.69, 9.17) is 11.6 Å². The van der Waals surface area contributed by atoms with Crippen LogP contribution in [0.5, 0.6) is 0 Å². The van der Waals surface area contributed by atoms with Crippen LogP contribution in [0.2, 0.25) is 5.02 Å². The van der Waals surface area contributed by atoms with Gasteiger partial charge in [-0.25, -0.2) is 0 Å². The molecular weight excluding hydrogens is 280 g/mol. The third kappa shape index (κ3) is 2.18. The summed E-state index contributed by atoms with van der Waals surface area (Å²) in [5.41, 5.74) is 2.71. The molecule has 0 nitrogen and oxygen atoms in total. The Balaban J connectivity index is 2.10. The Hall–Kier alpha value is -0.570. The second-order valence-corrected chi connectivity index (χ2v) is 7.50. The Kier molecular flexibility index (Phi) is 3.60. The lowest BCUT2D eigenvalue weighted by molar-refractivity contribution is 1.08. The molecule has 18 heavy (non-hydrogen) atoms. The van der Waals surface area contributed by atoms with E-state index in [-0.39, 0.29) is 4.08 Å². The van der Waals surface area contributed by atoms with Crippen LogP contribution < -0.4 is 0 Å². The topological polar surface area (TPSA) is 0 Å². The second kappa shape index (κ2) is 5.20. The minimum Gasteiger partial charge on any atom is -0.134 e. The van der Waals surface area contributed by atoms with Crippen molar-refractivity contribution < 1.29 is 0 Å². The molecule has 0 atom stereocenters. The number of hydrogen-bond acceptors (Lipinski definition) is 2. The van der Waals surface area contributed by atoms with Gasteiger partial charge in [-0.15, -0.1) is 23.5 Å². The van der Waals surface area contributed by atoms with Gasteiger partial charge < -0.3 is 0 Å². The molecule has 0 saturated carbocycles. The largest absolute Gasteiger partial charge is 0.134 e. The van der Waals surface area contributed by atoms with Gasteiger partial charge in [0.2, 0.25) is 0 Å². The fraction of sp³-hybridized carbons (Fsp3) is 0.200. The summed E-state index contributed by atoms with van der Waals surface area (Å²) >= 11 is 10.0. The van der Waals surface area contributed by atoms with E-state index in [2.05, 4.69) is 42.5 Å². The molecule has 0 aliphatic carbocycles. The van der Waals surface area contributed by atoms with Gasteiger partial charge in [0, 0.05) is 16.5 Å². The van der Waals surface area contributed by atoms with Crippen LogP contribution >= 0.6 is 35.1 Å². The van der Waals surface area contributed by atoms with Crippen molar-refractivity contribution in [2.24, 2.45) is 0 Å². The van der Waals surface area contributed by atoms with Gasteiger partial charge in [-0.3, -0.25) is 0 Å². The van der Waals surface area contributed by atoms with Gasteiger partial charge in [0.05, 0.1) is 0 Å². The summed E-state index contributed by atoms with van der Waals surface area (Å²) < 4.78 is 0.0475. The molecule has 1 heterocycles. The molecule has 1 aliphatic rings. The molecular formula is C15H13ClS2. The quantitative estimate of drug-likeness (QED) is 0.762. The summed E-state index contributed by atoms with van der Waals surface area (Å²) in [5.74, 6) is 2.39. The van der Waals surface area contributed by atoms with Gasteiger partial charge in [0.1, 0.15) is 4.08 Å². The van der Waals surface area contributed by atoms with Crippen LogP contribution in [0.25, 0.3) is 0 Å². The van der Waals surface area contributed by atoms with E-state index in [0.29, 0.717) is 0 Å². The van der Waals surface area contributed by atoms with Crippen molar-refractivity contribution in [3.05, 3.63) is 70.7 Å². The molecule has 3 rings (SSSR count). The van der Waals surface area contributed by atoms with Crippen molar-refractivity contribution in [1.29, 1.82) is 0 Å². The third-order valence-corrected chi connectivity index (χ3v) is 6.86. The molecule has 0 bridgehead atoms. The lowest BCUT2D eigenvalue weighted by Crippen LogP contribution is -2.16. The summed E-state index contributed by atoms with van der Waals surface area (Å²) in [7, 11) is 0. The Morgan fingerprint density at radius 3 is 1.94 bits per heavy atom. The molecule has 1 fully saturated rings. The Bertz CT molecular complexity index is 516. The normalized spacial score (nSPS) is 17.8. The molecule has 0 N–H and O–H groups in total. The van der Waals surface area contributed by atoms with E-state index in [9.17, 15) is 0 Å². The highest BCUT2D eigenvalue weighted by Crippen LogP contribution is 2.56. The Labute approximate surface area is 121 Å². The van der Waals surface area contributed by atoms with Crippen LogP contribution in [0.3, 0.4) is 0 Å². The third-order valence-electron chi connectivity index (χ3n) is 3.07. The van der Waals surface area contributed by atoms with Gasteiger partial charge in [0.15, 0.2) is 0 Å². The SMILES string of the molecule is Clc1ccc(C2(c3ccccc3)SCCS2)cc1. The molecule has 0 unspecified atom stereocenters. The van der Waals surface area contributed by atoms with Gasteiger partial charge in [-0.05, 0) is 23.3 Å². The van der Waals surface area contributed by atoms with Crippen molar-refractivity contribution in [2.45, 2.75) is 4.08 Å². The lowest BCUT2D eigenvalue weighted by Gasteiger charge is -2.28. The van der Waals surface area contributed by atoms with E-state index in [1.54, 1.807) is 0 Å². The molecule has 0 aromatic heterocycles. The van der Waals surface area contributed by atoms with Crippen molar-refractivity contribution in [3.63, 3.8) is 0 Å². The van der Waals surface area contributed by atoms with Crippen LogP contribution in [0.4, 0.5) is 0 Å². The maximum Gasteiger partial charge on any atom is 0.111 e. The molecule has 3 heteroatoms. The summed E-state index contributed by atoms with van der Waals surface area (Å²) in [6, 6.07) is 19.0. The number of benzene rings is 2. The first kappa shape index (κ1) is 12.5. The Morgan fingerprint density at radius 1 is 0.778 bits per heavy atom. The van der Waals surface area contributed by atoms with E-state index in [1.165, 1.54) is 22.6 Å². The highest BCUT2D eigenvalue weighted by Gasteiger charge is 2.38. The van der Waals surface area contributed by atoms with Crippen LogP contribution in [-0.4, -0.2) is 11.5 Å². The summed E-state index contributed by atoms with van der Waals surface area (Å²) in [6.07, 6.45) is 0. The Morgan fingerprint density at radius 2 is 1.33 bits per heavy atom. The smallest absolute Gasteiger partial charge is 0.111 e. The summed E-state index contributed by atoms with van der Waals surface area (Å²) in [5, 5.41) is 0.801. The molecule has 92 valence electrons. The van der Waals surface area contributed by atoms with E-state index < -0.39 is 0 Å². The van der Waals surface area contributed by atoms with Crippen LogP contribution in [0.15, 0.2) is 54.6 Å². The molecule has 1 aliphatic heterocycles. The highest BCUT2D eigenvalue weighted by molar-refractivity contribution is 8.20. The molecule has 0 radical (unpaired) electrons. The second-order valence-electron chi connectivity index (χ2n) is 4.19. The predicted octanol–water partition coefficient (Wildman–Crippen LogP) is 5.02. The molecule has 2 aromatic rings. The van der Waals surface area contributed by atoms with E-state index >= 15 is 0 Å². The zero-order valence-corrected chi connectivity index (χ0v) is 12.2. The molecule has 2 aromatic carbocycles. The highest BCUT2D eigenvalue weighted by atomic mass is 35.5.